The molecular weight excluding hydrogens is 402 g/mol. The van der Waals surface area contributed by atoms with Crippen LogP contribution in [0.15, 0.2) is 65.9 Å². The van der Waals surface area contributed by atoms with Crippen molar-refractivity contribution in [2.24, 2.45) is 5.16 Å². The minimum atomic E-state index is 0.461. The van der Waals surface area contributed by atoms with Crippen molar-refractivity contribution in [3.05, 3.63) is 77.4 Å². The first-order chi connectivity index (χ1) is 15.5. The molecule has 0 radical (unpaired) electrons. The van der Waals surface area contributed by atoms with Gasteiger partial charge in [0.2, 0.25) is 0 Å². The molecular formula is C27H37NO4. The highest BCUT2D eigenvalue weighted by atomic mass is 16.6. The van der Waals surface area contributed by atoms with E-state index in [1.54, 1.807) is 0 Å². The quantitative estimate of drug-likeness (QED) is 0.223. The zero-order chi connectivity index (χ0) is 23.8. The first kappa shape index (κ1) is 26.8. The van der Waals surface area contributed by atoms with E-state index in [2.05, 4.69) is 5.16 Å². The van der Waals surface area contributed by atoms with Gasteiger partial charge in [-0.15, -0.1) is 0 Å². The van der Waals surface area contributed by atoms with Gasteiger partial charge in [-0.1, -0.05) is 43.3 Å². The van der Waals surface area contributed by atoms with E-state index in [9.17, 15) is 0 Å². The van der Waals surface area contributed by atoms with Gasteiger partial charge in [0.1, 0.15) is 44.2 Å². The highest BCUT2D eigenvalue weighted by molar-refractivity contribution is 5.98. The van der Waals surface area contributed by atoms with Crippen LogP contribution in [-0.2, 0) is 4.84 Å². The van der Waals surface area contributed by atoms with Gasteiger partial charge in [-0.25, -0.2) is 0 Å². The molecule has 0 heterocycles. The monoisotopic (exact) mass is 439 g/mol. The molecule has 0 aliphatic heterocycles. The van der Waals surface area contributed by atoms with Gasteiger partial charge in [0, 0.05) is 5.56 Å². The number of allylic oxidation sites excluding steroid dienone is 1. The average molecular weight is 440 g/mol. The molecule has 0 aromatic heterocycles. The van der Waals surface area contributed by atoms with Crippen molar-refractivity contribution in [3.8, 4) is 17.2 Å². The Morgan fingerprint density at radius 1 is 0.844 bits per heavy atom. The maximum absolute atomic E-state index is 5.94. The van der Waals surface area contributed by atoms with Crippen LogP contribution in [0.4, 0.5) is 0 Å². The molecule has 2 aromatic carbocycles. The highest BCUT2D eigenvalue weighted by Gasteiger charge is 2.06. The number of nitrogens with zero attached hydrogens (tertiary/aromatic N) is 1. The fourth-order valence-electron chi connectivity index (χ4n) is 2.87. The minimum absolute atomic E-state index is 0.461. The summed E-state index contributed by atoms with van der Waals surface area (Å²) in [4.78, 5) is 4.82. The summed E-state index contributed by atoms with van der Waals surface area (Å²) in [6.45, 7) is 13.4. The van der Waals surface area contributed by atoms with Crippen LogP contribution in [-0.4, -0.2) is 32.6 Å². The third kappa shape index (κ3) is 9.29. The van der Waals surface area contributed by atoms with Crippen LogP contribution < -0.4 is 14.2 Å². The normalized spacial score (nSPS) is 11.3. The largest absolute Gasteiger partial charge is 0.490 e. The van der Waals surface area contributed by atoms with E-state index in [0.29, 0.717) is 19.8 Å². The first-order valence-corrected chi connectivity index (χ1v) is 11.0. The molecule has 0 amide bonds. The third-order valence-electron chi connectivity index (χ3n) is 4.33. The summed E-state index contributed by atoms with van der Waals surface area (Å²) in [6.07, 6.45) is 7.85. The Bertz CT molecular complexity index is 877. The standard InChI is InChI=1S/C25H31NO4.C2H6/c1-6-7-13-29-24-16-19(2)25(20(3)17-24)30-15-9-8-14-28-23-12-10-11-22(18-23)21(4)26-27-5;1-2/h6-12,16-18H,13-15H2,1-5H3;1-2H3/b7-6+,9-8+,26-21-;. The number of hydrogen-bond donors (Lipinski definition) is 0. The number of benzene rings is 2. The predicted octanol–water partition coefficient (Wildman–Crippen LogP) is 6.67. The number of rotatable bonds is 11. The molecule has 2 rings (SSSR count). The molecule has 0 saturated carbocycles. The molecule has 0 atom stereocenters. The van der Waals surface area contributed by atoms with E-state index in [0.717, 1.165) is 39.7 Å². The zero-order valence-corrected chi connectivity index (χ0v) is 20.5. The molecule has 5 heteroatoms. The van der Waals surface area contributed by atoms with E-state index in [1.807, 2.05) is 102 Å². The lowest BCUT2D eigenvalue weighted by molar-refractivity contribution is 0.213. The molecule has 0 unspecified atom stereocenters. The summed E-state index contributed by atoms with van der Waals surface area (Å²) in [5, 5.41) is 3.94. The summed E-state index contributed by atoms with van der Waals surface area (Å²) in [5.74, 6) is 2.52. The van der Waals surface area contributed by atoms with Crippen molar-refractivity contribution >= 4 is 5.71 Å². The summed E-state index contributed by atoms with van der Waals surface area (Å²) in [7, 11) is 1.53. The molecule has 0 fully saturated rings. The SMILES string of the molecule is C/C=C/COc1cc(C)c(OC/C=C/COc2cccc(/C(C)=N\OC)c2)c(C)c1.CC. The lowest BCUT2D eigenvalue weighted by atomic mass is 10.1. The van der Waals surface area contributed by atoms with E-state index in [4.69, 9.17) is 19.0 Å². The molecule has 0 bridgehead atoms. The van der Waals surface area contributed by atoms with E-state index < -0.39 is 0 Å². The molecule has 174 valence electrons. The van der Waals surface area contributed by atoms with Crippen LogP contribution in [0.3, 0.4) is 0 Å². The Morgan fingerprint density at radius 2 is 1.44 bits per heavy atom. The molecule has 0 N–H and O–H groups in total. The minimum Gasteiger partial charge on any atom is -0.490 e. The fraction of sp³-hybridized carbons (Fsp3) is 0.370. The molecule has 32 heavy (non-hydrogen) atoms. The Kier molecular flexibility index (Phi) is 13.1. The molecule has 0 aliphatic rings. The van der Waals surface area contributed by atoms with Crippen LogP contribution in [0, 0.1) is 13.8 Å². The fourth-order valence-corrected chi connectivity index (χ4v) is 2.87. The molecule has 0 aliphatic carbocycles. The van der Waals surface area contributed by atoms with Crippen LogP contribution in [0.25, 0.3) is 0 Å². The van der Waals surface area contributed by atoms with Crippen molar-refractivity contribution in [1.82, 2.24) is 0 Å². The molecule has 0 spiro atoms. The molecule has 5 nitrogen and oxygen atoms in total. The Hall–Kier alpha value is -3.21. The lowest BCUT2D eigenvalue weighted by Crippen LogP contribution is -2.01. The van der Waals surface area contributed by atoms with Crippen molar-refractivity contribution in [2.45, 2.75) is 41.5 Å². The van der Waals surface area contributed by atoms with Crippen LogP contribution >= 0.6 is 0 Å². The number of hydrogen-bond acceptors (Lipinski definition) is 5. The van der Waals surface area contributed by atoms with Gasteiger partial charge in [-0.2, -0.15) is 0 Å². The van der Waals surface area contributed by atoms with Crippen LogP contribution in [0.1, 0.15) is 44.4 Å². The maximum atomic E-state index is 5.94. The summed E-state index contributed by atoms with van der Waals surface area (Å²) >= 11 is 0. The maximum Gasteiger partial charge on any atom is 0.125 e. The molecule has 2 aromatic rings. The van der Waals surface area contributed by atoms with Gasteiger partial charge in [0.05, 0.1) is 5.71 Å². The van der Waals surface area contributed by atoms with Gasteiger partial charge in [0.15, 0.2) is 0 Å². The van der Waals surface area contributed by atoms with Gasteiger partial charge in [0.25, 0.3) is 0 Å². The van der Waals surface area contributed by atoms with E-state index >= 15 is 0 Å². The lowest BCUT2D eigenvalue weighted by Gasteiger charge is -2.13. The Morgan fingerprint density at radius 3 is 2.06 bits per heavy atom. The number of aryl methyl sites for hydroxylation is 2. The van der Waals surface area contributed by atoms with Crippen molar-refractivity contribution in [1.29, 1.82) is 0 Å². The smallest absolute Gasteiger partial charge is 0.125 e. The summed E-state index contributed by atoms with van der Waals surface area (Å²) < 4.78 is 17.4. The summed E-state index contributed by atoms with van der Waals surface area (Å²) in [6, 6.07) is 11.8. The highest BCUT2D eigenvalue weighted by Crippen LogP contribution is 2.28. The Balaban J connectivity index is 0.00000249. The number of oxime groups is 1. The first-order valence-electron chi connectivity index (χ1n) is 11.0. The van der Waals surface area contributed by atoms with Crippen molar-refractivity contribution in [3.63, 3.8) is 0 Å². The second kappa shape index (κ2) is 15.6. The predicted molar refractivity (Wildman–Crippen MR) is 133 cm³/mol. The summed E-state index contributed by atoms with van der Waals surface area (Å²) in [5.41, 5.74) is 3.88. The van der Waals surface area contributed by atoms with Crippen LogP contribution in [0.2, 0.25) is 0 Å². The van der Waals surface area contributed by atoms with E-state index in [1.165, 1.54) is 7.11 Å². The van der Waals surface area contributed by atoms with Gasteiger partial charge in [-0.3, -0.25) is 0 Å². The van der Waals surface area contributed by atoms with Crippen LogP contribution in [0.5, 0.6) is 17.2 Å². The van der Waals surface area contributed by atoms with Gasteiger partial charge >= 0.3 is 0 Å². The Labute approximate surface area is 193 Å². The molecule has 0 saturated heterocycles. The van der Waals surface area contributed by atoms with Crippen molar-refractivity contribution < 1.29 is 19.0 Å². The zero-order valence-electron chi connectivity index (χ0n) is 20.5. The number of ether oxygens (including phenoxy) is 3. The second-order valence-electron chi connectivity index (χ2n) is 6.75. The second-order valence-corrected chi connectivity index (χ2v) is 6.75. The topological polar surface area (TPSA) is 49.3 Å². The van der Waals surface area contributed by atoms with Crippen molar-refractivity contribution in [2.75, 3.05) is 26.9 Å². The van der Waals surface area contributed by atoms with E-state index in [-0.39, 0.29) is 0 Å². The van der Waals surface area contributed by atoms with Gasteiger partial charge in [-0.05, 0) is 75.2 Å². The van der Waals surface area contributed by atoms with Gasteiger partial charge < -0.3 is 19.0 Å². The third-order valence-corrected chi connectivity index (χ3v) is 4.33. The average Bonchev–Trinajstić information content (AvgIpc) is 2.79.